The number of carbonyl (C=O) groups excluding carboxylic acids is 3. The number of hydrogen-bond donors (Lipinski definition) is 2. The monoisotopic (exact) mass is 501 g/mol. The van der Waals surface area contributed by atoms with Crippen LogP contribution in [0.1, 0.15) is 36.1 Å². The number of anilines is 1. The Morgan fingerprint density at radius 2 is 1.70 bits per heavy atom. The van der Waals surface area contributed by atoms with Gasteiger partial charge in [-0.1, -0.05) is 31.2 Å². The normalized spacial score (nSPS) is 16.6. The maximum absolute atomic E-state index is 13.3. The number of aromatic hydroxyl groups is 1. The van der Waals surface area contributed by atoms with E-state index in [2.05, 4.69) is 0 Å². The topological polar surface area (TPSA) is 113 Å². The van der Waals surface area contributed by atoms with Crippen molar-refractivity contribution in [3.05, 3.63) is 95.1 Å². The van der Waals surface area contributed by atoms with Gasteiger partial charge in [0.25, 0.3) is 11.7 Å². The molecule has 3 aromatic carbocycles. The van der Waals surface area contributed by atoms with Gasteiger partial charge < -0.3 is 19.7 Å². The molecule has 1 unspecified atom stereocenters. The number of hydrogen-bond acceptors (Lipinski definition) is 7. The Hall–Kier alpha value is -4.59. The van der Waals surface area contributed by atoms with E-state index in [4.69, 9.17) is 9.47 Å². The Morgan fingerprint density at radius 3 is 2.32 bits per heavy atom. The van der Waals surface area contributed by atoms with Gasteiger partial charge in [0.05, 0.1) is 31.8 Å². The molecule has 1 aliphatic heterocycles. The van der Waals surface area contributed by atoms with Crippen LogP contribution in [0.15, 0.2) is 78.4 Å². The number of phenolic OH excluding ortho intramolecular Hbond substituents is 1. The van der Waals surface area contributed by atoms with E-state index in [1.54, 1.807) is 60.7 Å². The van der Waals surface area contributed by atoms with Crippen LogP contribution in [0, 0.1) is 0 Å². The number of amides is 1. The number of ether oxygens (including phenoxy) is 2. The zero-order valence-corrected chi connectivity index (χ0v) is 20.5. The number of phenols is 1. The van der Waals surface area contributed by atoms with Crippen molar-refractivity contribution in [2.24, 2.45) is 0 Å². The van der Waals surface area contributed by atoms with Gasteiger partial charge in [0, 0.05) is 11.3 Å². The third-order valence-corrected chi connectivity index (χ3v) is 6.02. The van der Waals surface area contributed by atoms with Crippen molar-refractivity contribution in [2.45, 2.75) is 25.8 Å². The molecule has 4 rings (SSSR count). The van der Waals surface area contributed by atoms with Crippen LogP contribution in [-0.2, 0) is 25.5 Å². The predicted octanol–water partition coefficient (Wildman–Crippen LogP) is 4.52. The molecule has 0 spiro atoms. The van der Waals surface area contributed by atoms with Crippen LogP contribution in [0.25, 0.3) is 5.76 Å². The van der Waals surface area contributed by atoms with Gasteiger partial charge in [-0.25, -0.2) is 0 Å². The van der Waals surface area contributed by atoms with Crippen LogP contribution < -0.4 is 9.64 Å². The van der Waals surface area contributed by atoms with Crippen molar-refractivity contribution in [1.82, 2.24) is 0 Å². The lowest BCUT2D eigenvalue weighted by molar-refractivity contribution is -0.139. The second kappa shape index (κ2) is 11.0. The average Bonchev–Trinajstić information content (AvgIpc) is 3.18. The quantitative estimate of drug-likeness (QED) is 0.202. The lowest BCUT2D eigenvalue weighted by atomic mass is 9.95. The highest BCUT2D eigenvalue weighted by molar-refractivity contribution is 6.51. The van der Waals surface area contributed by atoms with Crippen molar-refractivity contribution >= 4 is 29.1 Å². The van der Waals surface area contributed by atoms with Gasteiger partial charge in [0.1, 0.15) is 17.3 Å². The smallest absolute Gasteiger partial charge is 0.309 e. The van der Waals surface area contributed by atoms with Crippen molar-refractivity contribution in [3.63, 3.8) is 0 Å². The number of aliphatic hydroxyl groups is 1. The molecule has 0 aromatic heterocycles. The Labute approximate surface area is 214 Å². The largest absolute Gasteiger partial charge is 0.508 e. The molecule has 0 radical (unpaired) electrons. The molecule has 8 heteroatoms. The number of esters is 1. The number of nitrogens with zero attached hydrogens (tertiary/aromatic N) is 1. The SMILES string of the molecule is CCCOc1ccc(/C(O)=C2/C(=O)C(=O)N(c3ccc(CC(=O)OC)cc3)C2c2cccc(O)c2)cc1. The van der Waals surface area contributed by atoms with Gasteiger partial charge in [0.15, 0.2) is 0 Å². The van der Waals surface area contributed by atoms with Crippen molar-refractivity contribution in [1.29, 1.82) is 0 Å². The molecule has 1 atom stereocenters. The van der Waals surface area contributed by atoms with Gasteiger partial charge in [-0.3, -0.25) is 19.3 Å². The first-order chi connectivity index (χ1) is 17.8. The maximum atomic E-state index is 13.3. The van der Waals surface area contributed by atoms with E-state index in [0.717, 1.165) is 6.42 Å². The number of carbonyl (C=O) groups is 3. The van der Waals surface area contributed by atoms with Crippen LogP contribution >= 0.6 is 0 Å². The van der Waals surface area contributed by atoms with Gasteiger partial charge in [-0.05, 0) is 66.1 Å². The third kappa shape index (κ3) is 5.33. The lowest BCUT2D eigenvalue weighted by Crippen LogP contribution is -2.29. The fourth-order valence-electron chi connectivity index (χ4n) is 4.21. The van der Waals surface area contributed by atoms with Crippen LogP contribution in [0.2, 0.25) is 0 Å². The highest BCUT2D eigenvalue weighted by atomic mass is 16.5. The summed E-state index contributed by atoms with van der Waals surface area (Å²) < 4.78 is 10.3. The highest BCUT2D eigenvalue weighted by Crippen LogP contribution is 2.42. The second-order valence-electron chi connectivity index (χ2n) is 8.56. The van der Waals surface area contributed by atoms with Gasteiger partial charge in [-0.2, -0.15) is 0 Å². The van der Waals surface area contributed by atoms with E-state index in [9.17, 15) is 24.6 Å². The molecular formula is C29H27NO7. The Balaban J connectivity index is 1.79. The van der Waals surface area contributed by atoms with E-state index in [1.165, 1.54) is 24.1 Å². The zero-order valence-electron chi connectivity index (χ0n) is 20.5. The van der Waals surface area contributed by atoms with Crippen molar-refractivity contribution < 1.29 is 34.1 Å². The molecular weight excluding hydrogens is 474 g/mol. The fraction of sp³-hybridized carbons (Fsp3) is 0.207. The van der Waals surface area contributed by atoms with Gasteiger partial charge in [0.2, 0.25) is 0 Å². The number of methoxy groups -OCH3 is 1. The summed E-state index contributed by atoms with van der Waals surface area (Å²) in [7, 11) is 1.30. The first-order valence-corrected chi connectivity index (χ1v) is 11.8. The van der Waals surface area contributed by atoms with E-state index < -0.39 is 23.7 Å². The van der Waals surface area contributed by atoms with Gasteiger partial charge >= 0.3 is 5.97 Å². The number of rotatable bonds is 8. The van der Waals surface area contributed by atoms with E-state index in [1.807, 2.05) is 6.92 Å². The minimum absolute atomic E-state index is 0.0473. The predicted molar refractivity (Wildman–Crippen MR) is 137 cm³/mol. The first kappa shape index (κ1) is 25.5. The summed E-state index contributed by atoms with van der Waals surface area (Å²) in [5.41, 5.74) is 1.76. The Kier molecular flexibility index (Phi) is 7.57. The molecule has 1 fully saturated rings. The molecule has 0 saturated carbocycles. The number of aliphatic hydroxyl groups excluding tert-OH is 1. The van der Waals surface area contributed by atoms with Gasteiger partial charge in [-0.15, -0.1) is 0 Å². The molecule has 1 saturated heterocycles. The number of benzene rings is 3. The fourth-order valence-corrected chi connectivity index (χ4v) is 4.21. The molecule has 3 aromatic rings. The molecule has 1 amide bonds. The molecule has 37 heavy (non-hydrogen) atoms. The van der Waals surface area contributed by atoms with E-state index >= 15 is 0 Å². The standard InChI is InChI=1S/C29H27NO7/c1-3-15-37-23-13-9-19(10-14-23)27(33)25-26(20-5-4-6-22(31)17-20)30(29(35)28(25)34)21-11-7-18(8-12-21)16-24(32)36-2/h4-14,17,26,31,33H,3,15-16H2,1-2H3/b27-25-. The highest BCUT2D eigenvalue weighted by Gasteiger charge is 2.47. The molecule has 1 heterocycles. The lowest BCUT2D eigenvalue weighted by Gasteiger charge is -2.25. The zero-order chi connectivity index (χ0) is 26.5. The molecule has 8 nitrogen and oxygen atoms in total. The summed E-state index contributed by atoms with van der Waals surface area (Å²) >= 11 is 0. The number of ketones is 1. The molecule has 190 valence electrons. The Morgan fingerprint density at radius 1 is 1.00 bits per heavy atom. The van der Waals surface area contributed by atoms with Crippen LogP contribution in [0.5, 0.6) is 11.5 Å². The minimum atomic E-state index is -0.991. The molecule has 0 bridgehead atoms. The molecule has 2 N–H and O–H groups in total. The van der Waals surface area contributed by atoms with E-state index in [-0.39, 0.29) is 23.5 Å². The third-order valence-electron chi connectivity index (χ3n) is 6.02. The Bertz CT molecular complexity index is 1340. The summed E-state index contributed by atoms with van der Waals surface area (Å²) in [5.74, 6) is -1.84. The summed E-state index contributed by atoms with van der Waals surface area (Å²) in [4.78, 5) is 39.4. The van der Waals surface area contributed by atoms with Crippen molar-refractivity contribution in [2.75, 3.05) is 18.6 Å². The second-order valence-corrected chi connectivity index (χ2v) is 8.56. The van der Waals surface area contributed by atoms with Crippen LogP contribution in [0.3, 0.4) is 0 Å². The first-order valence-electron chi connectivity index (χ1n) is 11.8. The van der Waals surface area contributed by atoms with Crippen molar-refractivity contribution in [3.8, 4) is 11.5 Å². The van der Waals surface area contributed by atoms with Crippen LogP contribution in [0.4, 0.5) is 5.69 Å². The average molecular weight is 502 g/mol. The number of Topliss-reactive ketones (excluding diaryl/α,β-unsaturated/α-hetero) is 1. The molecule has 0 aliphatic carbocycles. The maximum Gasteiger partial charge on any atom is 0.309 e. The summed E-state index contributed by atoms with van der Waals surface area (Å²) in [6, 6.07) is 18.4. The molecule has 1 aliphatic rings. The minimum Gasteiger partial charge on any atom is -0.508 e. The summed E-state index contributed by atoms with van der Waals surface area (Å²) in [5, 5.41) is 21.4. The summed E-state index contributed by atoms with van der Waals surface area (Å²) in [6.45, 7) is 2.54. The van der Waals surface area contributed by atoms with Crippen LogP contribution in [-0.4, -0.2) is 41.6 Å². The summed E-state index contributed by atoms with van der Waals surface area (Å²) in [6.07, 6.45) is 0.905. The van der Waals surface area contributed by atoms with E-state index in [0.29, 0.717) is 34.7 Å².